The molecule has 0 aliphatic heterocycles. The lowest BCUT2D eigenvalue weighted by Gasteiger charge is -2.13. The molecule has 0 saturated carbocycles. The van der Waals surface area contributed by atoms with Gasteiger partial charge in [-0.05, 0) is 30.8 Å². The minimum absolute atomic E-state index is 0.336. The van der Waals surface area contributed by atoms with Crippen LogP contribution in [-0.4, -0.2) is 18.8 Å². The molecule has 0 heterocycles. The number of thiocarbonyl (C=S) groups is 1. The van der Waals surface area contributed by atoms with Crippen LogP contribution < -0.4 is 15.4 Å². The Balaban J connectivity index is 2.58. The molecule has 94 valence electrons. The summed E-state index contributed by atoms with van der Waals surface area (Å²) in [5.74, 6) is 0.0990. The van der Waals surface area contributed by atoms with Crippen molar-refractivity contribution in [2.75, 3.05) is 19.0 Å². The van der Waals surface area contributed by atoms with E-state index >= 15 is 0 Å². The molecular formula is C12H17FN2OS. The van der Waals surface area contributed by atoms with Crippen LogP contribution in [0.4, 0.5) is 10.1 Å². The third-order valence-corrected chi connectivity index (χ3v) is 2.47. The van der Waals surface area contributed by atoms with E-state index in [4.69, 9.17) is 17.0 Å². The highest BCUT2D eigenvalue weighted by Gasteiger charge is 2.05. The first-order valence-corrected chi connectivity index (χ1v) is 5.96. The van der Waals surface area contributed by atoms with Gasteiger partial charge in [-0.25, -0.2) is 4.39 Å². The standard InChI is InChI=1S/C12H17FN2OS/c1-3-4-7-14-12(17)15-10-6-5-9(13)8-11(10)16-2/h5-6,8H,3-4,7H2,1-2H3,(H2,14,15,17). The molecule has 0 unspecified atom stereocenters. The number of unbranched alkanes of at least 4 members (excludes halogenated alkanes) is 1. The largest absolute Gasteiger partial charge is 0.494 e. The number of rotatable bonds is 5. The molecule has 17 heavy (non-hydrogen) atoms. The fourth-order valence-electron chi connectivity index (χ4n) is 1.31. The van der Waals surface area contributed by atoms with Crippen LogP contribution in [0, 0.1) is 5.82 Å². The number of nitrogens with one attached hydrogen (secondary N) is 2. The minimum Gasteiger partial charge on any atom is -0.494 e. The summed E-state index contributed by atoms with van der Waals surface area (Å²) in [5.41, 5.74) is 0.655. The van der Waals surface area contributed by atoms with Gasteiger partial charge < -0.3 is 15.4 Å². The van der Waals surface area contributed by atoms with E-state index in [1.54, 1.807) is 6.07 Å². The minimum atomic E-state index is -0.336. The van der Waals surface area contributed by atoms with Gasteiger partial charge in [0.05, 0.1) is 12.8 Å². The van der Waals surface area contributed by atoms with Crippen molar-refractivity contribution in [1.82, 2.24) is 5.32 Å². The van der Waals surface area contributed by atoms with Gasteiger partial charge in [-0.3, -0.25) is 0 Å². The molecule has 0 aliphatic rings. The Morgan fingerprint density at radius 1 is 1.47 bits per heavy atom. The number of halogens is 1. The van der Waals surface area contributed by atoms with Crippen LogP contribution >= 0.6 is 12.2 Å². The number of methoxy groups -OCH3 is 1. The van der Waals surface area contributed by atoms with Crippen LogP contribution in [0.25, 0.3) is 0 Å². The Bertz CT molecular complexity index is 385. The number of ether oxygens (including phenoxy) is 1. The first-order valence-electron chi connectivity index (χ1n) is 5.55. The van der Waals surface area contributed by atoms with Gasteiger partial charge in [0.2, 0.25) is 0 Å². The van der Waals surface area contributed by atoms with Crippen molar-refractivity contribution >= 4 is 23.0 Å². The van der Waals surface area contributed by atoms with Crippen molar-refractivity contribution in [2.24, 2.45) is 0 Å². The van der Waals surface area contributed by atoms with Crippen LogP contribution in [0.5, 0.6) is 5.75 Å². The fraction of sp³-hybridized carbons (Fsp3) is 0.417. The molecule has 0 atom stereocenters. The topological polar surface area (TPSA) is 33.3 Å². The first kappa shape index (κ1) is 13.7. The van der Waals surface area contributed by atoms with E-state index in [0.717, 1.165) is 19.4 Å². The summed E-state index contributed by atoms with van der Waals surface area (Å²) < 4.78 is 18.0. The molecule has 0 amide bonds. The Morgan fingerprint density at radius 2 is 2.24 bits per heavy atom. The Hall–Kier alpha value is -1.36. The molecule has 0 aromatic heterocycles. The average Bonchev–Trinajstić information content (AvgIpc) is 2.32. The molecule has 3 nitrogen and oxygen atoms in total. The summed E-state index contributed by atoms with van der Waals surface area (Å²) in [6.07, 6.45) is 2.16. The van der Waals surface area contributed by atoms with Crippen LogP contribution in [-0.2, 0) is 0 Å². The maximum Gasteiger partial charge on any atom is 0.170 e. The van der Waals surface area contributed by atoms with E-state index < -0.39 is 0 Å². The zero-order valence-corrected chi connectivity index (χ0v) is 10.9. The maximum atomic E-state index is 13.0. The van der Waals surface area contributed by atoms with E-state index in [0.29, 0.717) is 16.5 Å². The van der Waals surface area contributed by atoms with E-state index in [-0.39, 0.29) is 5.82 Å². The SMILES string of the molecule is CCCCNC(=S)Nc1ccc(F)cc1OC. The number of hydrogen-bond donors (Lipinski definition) is 2. The summed E-state index contributed by atoms with van der Waals surface area (Å²) in [7, 11) is 1.49. The second-order valence-corrected chi connectivity index (χ2v) is 3.99. The summed E-state index contributed by atoms with van der Waals surface area (Å²) >= 11 is 5.12. The molecule has 5 heteroatoms. The highest BCUT2D eigenvalue weighted by atomic mass is 32.1. The van der Waals surface area contributed by atoms with E-state index in [1.807, 2.05) is 0 Å². The quantitative estimate of drug-likeness (QED) is 0.627. The highest BCUT2D eigenvalue weighted by molar-refractivity contribution is 7.80. The number of hydrogen-bond acceptors (Lipinski definition) is 2. The van der Waals surface area contributed by atoms with E-state index in [1.165, 1.54) is 19.2 Å². The summed E-state index contributed by atoms with van der Waals surface area (Å²) in [5, 5.41) is 6.56. The normalized spacial score (nSPS) is 9.82. The summed E-state index contributed by atoms with van der Waals surface area (Å²) in [6, 6.07) is 4.28. The molecular weight excluding hydrogens is 239 g/mol. The lowest BCUT2D eigenvalue weighted by atomic mass is 10.3. The Morgan fingerprint density at radius 3 is 2.88 bits per heavy atom. The van der Waals surface area contributed by atoms with Gasteiger partial charge in [-0.15, -0.1) is 0 Å². The zero-order valence-electron chi connectivity index (χ0n) is 10.0. The molecule has 0 bridgehead atoms. The van der Waals surface area contributed by atoms with Gasteiger partial charge in [0.1, 0.15) is 11.6 Å². The fourth-order valence-corrected chi connectivity index (χ4v) is 1.53. The van der Waals surface area contributed by atoms with Crippen LogP contribution in [0.1, 0.15) is 19.8 Å². The summed E-state index contributed by atoms with van der Waals surface area (Å²) in [4.78, 5) is 0. The lowest BCUT2D eigenvalue weighted by Crippen LogP contribution is -2.29. The van der Waals surface area contributed by atoms with Gasteiger partial charge in [-0.1, -0.05) is 13.3 Å². The van der Waals surface area contributed by atoms with Gasteiger partial charge >= 0.3 is 0 Å². The van der Waals surface area contributed by atoms with Crippen molar-refractivity contribution in [1.29, 1.82) is 0 Å². The Labute approximate surface area is 106 Å². The van der Waals surface area contributed by atoms with Crippen LogP contribution in [0.2, 0.25) is 0 Å². The second-order valence-electron chi connectivity index (χ2n) is 3.58. The van der Waals surface area contributed by atoms with Crippen molar-refractivity contribution in [3.63, 3.8) is 0 Å². The van der Waals surface area contributed by atoms with Crippen molar-refractivity contribution in [3.05, 3.63) is 24.0 Å². The molecule has 0 fully saturated rings. The molecule has 0 aliphatic carbocycles. The third-order valence-electron chi connectivity index (χ3n) is 2.23. The van der Waals surface area contributed by atoms with Crippen molar-refractivity contribution in [2.45, 2.75) is 19.8 Å². The second kappa shape index (κ2) is 7.06. The molecule has 0 saturated heterocycles. The summed E-state index contributed by atoms with van der Waals surface area (Å²) in [6.45, 7) is 2.94. The number of anilines is 1. The smallest absolute Gasteiger partial charge is 0.170 e. The van der Waals surface area contributed by atoms with Gasteiger partial charge in [0.25, 0.3) is 0 Å². The first-order chi connectivity index (χ1) is 8.17. The molecule has 1 rings (SSSR count). The monoisotopic (exact) mass is 256 g/mol. The van der Waals surface area contributed by atoms with Gasteiger partial charge in [0.15, 0.2) is 5.11 Å². The molecule has 0 spiro atoms. The predicted octanol–water partition coefficient (Wildman–Crippen LogP) is 2.92. The van der Waals surface area contributed by atoms with E-state index in [2.05, 4.69) is 17.6 Å². The maximum absolute atomic E-state index is 13.0. The Kier molecular flexibility index (Phi) is 5.69. The van der Waals surface area contributed by atoms with Crippen LogP contribution in [0.15, 0.2) is 18.2 Å². The average molecular weight is 256 g/mol. The lowest BCUT2D eigenvalue weighted by molar-refractivity contribution is 0.413. The highest BCUT2D eigenvalue weighted by Crippen LogP contribution is 2.24. The van der Waals surface area contributed by atoms with Crippen LogP contribution in [0.3, 0.4) is 0 Å². The van der Waals surface area contributed by atoms with E-state index in [9.17, 15) is 4.39 Å². The van der Waals surface area contributed by atoms with Crippen molar-refractivity contribution < 1.29 is 9.13 Å². The molecule has 2 N–H and O–H groups in total. The predicted molar refractivity (Wildman–Crippen MR) is 72.1 cm³/mol. The molecule has 1 aromatic rings. The number of benzene rings is 1. The van der Waals surface area contributed by atoms with Crippen molar-refractivity contribution in [3.8, 4) is 5.75 Å². The van der Waals surface area contributed by atoms with Gasteiger partial charge in [0, 0.05) is 12.6 Å². The molecule has 0 radical (unpaired) electrons. The zero-order chi connectivity index (χ0) is 12.7. The molecule has 1 aromatic carbocycles. The van der Waals surface area contributed by atoms with Gasteiger partial charge in [-0.2, -0.15) is 0 Å². The third kappa shape index (κ3) is 4.56.